The van der Waals surface area contributed by atoms with Crippen LogP contribution in [0.2, 0.25) is 0 Å². The predicted molar refractivity (Wildman–Crippen MR) is 63.2 cm³/mol. The van der Waals surface area contributed by atoms with Crippen LogP contribution in [-0.4, -0.2) is 36.6 Å². The number of hydrogen-bond donors (Lipinski definition) is 1. The Morgan fingerprint density at radius 1 is 1.14 bits per heavy atom. The number of halogens is 1. The van der Waals surface area contributed by atoms with E-state index in [1.54, 1.807) is 0 Å². The van der Waals surface area contributed by atoms with Crippen molar-refractivity contribution in [3.63, 3.8) is 0 Å². The topological polar surface area (TPSA) is 15.3 Å². The van der Waals surface area contributed by atoms with E-state index >= 15 is 0 Å². The van der Waals surface area contributed by atoms with E-state index in [-0.39, 0.29) is 12.4 Å². The first-order valence-corrected chi connectivity index (χ1v) is 5.83. The summed E-state index contributed by atoms with van der Waals surface area (Å²) < 4.78 is 0. The molecule has 0 radical (unpaired) electrons. The molecule has 0 aromatic rings. The fraction of sp³-hybridized carbons (Fsp3) is 1.00. The Labute approximate surface area is 93.8 Å². The maximum Gasteiger partial charge on any atom is 0.0167 e. The van der Waals surface area contributed by atoms with Gasteiger partial charge in [-0.05, 0) is 19.8 Å². The van der Waals surface area contributed by atoms with E-state index in [2.05, 4.69) is 17.1 Å². The van der Waals surface area contributed by atoms with E-state index in [1.165, 1.54) is 51.7 Å². The predicted octanol–water partition coefficient (Wildman–Crippen LogP) is 2.03. The zero-order chi connectivity index (χ0) is 9.10. The molecule has 1 aliphatic carbocycles. The van der Waals surface area contributed by atoms with Crippen molar-refractivity contribution in [2.24, 2.45) is 0 Å². The van der Waals surface area contributed by atoms with Gasteiger partial charge in [0.25, 0.3) is 0 Å². The molecule has 0 spiro atoms. The normalized spacial score (nSPS) is 31.1. The first-order valence-electron chi connectivity index (χ1n) is 5.83. The van der Waals surface area contributed by atoms with Gasteiger partial charge in [0.2, 0.25) is 0 Å². The minimum Gasteiger partial charge on any atom is -0.312 e. The molecule has 1 aliphatic heterocycles. The summed E-state index contributed by atoms with van der Waals surface area (Å²) in [6.07, 6.45) is 7.30. The van der Waals surface area contributed by atoms with Crippen molar-refractivity contribution in [2.45, 2.75) is 51.1 Å². The van der Waals surface area contributed by atoms with E-state index in [0.29, 0.717) is 6.04 Å². The summed E-state index contributed by atoms with van der Waals surface area (Å²) in [7, 11) is 0. The van der Waals surface area contributed by atoms with Crippen molar-refractivity contribution in [1.82, 2.24) is 10.2 Å². The summed E-state index contributed by atoms with van der Waals surface area (Å²) in [6.45, 7) is 6.03. The molecule has 2 fully saturated rings. The van der Waals surface area contributed by atoms with Gasteiger partial charge >= 0.3 is 0 Å². The molecule has 14 heavy (non-hydrogen) atoms. The summed E-state index contributed by atoms with van der Waals surface area (Å²) in [5.74, 6) is 0. The van der Waals surface area contributed by atoms with Gasteiger partial charge in [-0.3, -0.25) is 4.90 Å². The standard InChI is InChI=1S/C11H22N2.ClH/c1-10-9-13(8-7-12-10)11-5-3-2-4-6-11;/h10-12H,2-9H2,1H3;1H/t10-;/m1./s1. The Kier molecular flexibility index (Phi) is 5.21. The Morgan fingerprint density at radius 3 is 2.50 bits per heavy atom. The molecule has 2 nitrogen and oxygen atoms in total. The SMILES string of the molecule is C[C@@H]1CN(C2CCCCC2)CCN1.Cl. The molecule has 1 saturated heterocycles. The second-order valence-corrected chi connectivity index (χ2v) is 4.64. The van der Waals surface area contributed by atoms with Crippen LogP contribution in [-0.2, 0) is 0 Å². The fourth-order valence-electron chi connectivity index (χ4n) is 2.74. The second-order valence-electron chi connectivity index (χ2n) is 4.64. The van der Waals surface area contributed by atoms with Gasteiger partial charge < -0.3 is 5.32 Å². The van der Waals surface area contributed by atoms with Crippen molar-refractivity contribution in [2.75, 3.05) is 19.6 Å². The lowest BCUT2D eigenvalue weighted by Gasteiger charge is -2.39. The monoisotopic (exact) mass is 218 g/mol. The number of rotatable bonds is 1. The third-order valence-corrected chi connectivity index (χ3v) is 3.49. The summed E-state index contributed by atoms with van der Waals surface area (Å²) in [5.41, 5.74) is 0. The van der Waals surface area contributed by atoms with Gasteiger partial charge in [-0.1, -0.05) is 19.3 Å². The molecule has 3 heteroatoms. The number of nitrogens with one attached hydrogen (secondary N) is 1. The van der Waals surface area contributed by atoms with Crippen LogP contribution in [0.1, 0.15) is 39.0 Å². The molecule has 84 valence electrons. The fourth-order valence-corrected chi connectivity index (χ4v) is 2.74. The molecule has 2 aliphatic rings. The first-order chi connectivity index (χ1) is 6.36. The summed E-state index contributed by atoms with van der Waals surface area (Å²) >= 11 is 0. The van der Waals surface area contributed by atoms with E-state index in [4.69, 9.17) is 0 Å². The highest BCUT2D eigenvalue weighted by atomic mass is 35.5. The van der Waals surface area contributed by atoms with Crippen LogP contribution < -0.4 is 5.32 Å². The lowest BCUT2D eigenvalue weighted by atomic mass is 9.93. The Balaban J connectivity index is 0.000000980. The third kappa shape index (κ3) is 3.11. The highest BCUT2D eigenvalue weighted by Crippen LogP contribution is 2.23. The van der Waals surface area contributed by atoms with Gasteiger partial charge in [0.1, 0.15) is 0 Å². The van der Waals surface area contributed by atoms with E-state index < -0.39 is 0 Å². The molecule has 0 unspecified atom stereocenters. The molecular formula is C11H23ClN2. The van der Waals surface area contributed by atoms with Crippen LogP contribution in [0, 0.1) is 0 Å². The lowest BCUT2D eigenvalue weighted by Crippen LogP contribution is -2.53. The maximum absolute atomic E-state index is 3.51. The zero-order valence-electron chi connectivity index (χ0n) is 9.17. The highest BCUT2D eigenvalue weighted by Gasteiger charge is 2.24. The minimum atomic E-state index is 0. The van der Waals surface area contributed by atoms with Gasteiger partial charge in [0, 0.05) is 31.7 Å². The maximum atomic E-state index is 3.51. The minimum absolute atomic E-state index is 0. The Morgan fingerprint density at radius 2 is 1.86 bits per heavy atom. The van der Waals surface area contributed by atoms with Crippen LogP contribution >= 0.6 is 12.4 Å². The van der Waals surface area contributed by atoms with Crippen molar-refractivity contribution >= 4 is 12.4 Å². The van der Waals surface area contributed by atoms with Crippen LogP contribution in [0.4, 0.5) is 0 Å². The van der Waals surface area contributed by atoms with Crippen LogP contribution in [0.5, 0.6) is 0 Å². The van der Waals surface area contributed by atoms with Crippen molar-refractivity contribution < 1.29 is 0 Å². The van der Waals surface area contributed by atoms with E-state index in [0.717, 1.165) is 6.04 Å². The van der Waals surface area contributed by atoms with Gasteiger partial charge in [-0.2, -0.15) is 0 Å². The molecule has 0 aromatic heterocycles. The van der Waals surface area contributed by atoms with Crippen molar-refractivity contribution in [3.8, 4) is 0 Å². The average molecular weight is 219 g/mol. The Hall–Kier alpha value is 0.210. The van der Waals surface area contributed by atoms with Gasteiger partial charge in [0.05, 0.1) is 0 Å². The zero-order valence-corrected chi connectivity index (χ0v) is 9.98. The highest BCUT2D eigenvalue weighted by molar-refractivity contribution is 5.85. The largest absolute Gasteiger partial charge is 0.312 e. The summed E-state index contributed by atoms with van der Waals surface area (Å²) in [6, 6.07) is 1.62. The van der Waals surface area contributed by atoms with Crippen molar-refractivity contribution in [3.05, 3.63) is 0 Å². The number of hydrogen-bond acceptors (Lipinski definition) is 2. The molecule has 1 heterocycles. The summed E-state index contributed by atoms with van der Waals surface area (Å²) in [4.78, 5) is 2.71. The molecule has 1 saturated carbocycles. The molecule has 1 N–H and O–H groups in total. The average Bonchev–Trinajstić information content (AvgIpc) is 2.19. The van der Waals surface area contributed by atoms with Crippen molar-refractivity contribution in [1.29, 1.82) is 0 Å². The molecular weight excluding hydrogens is 196 g/mol. The van der Waals surface area contributed by atoms with Crippen LogP contribution in [0.25, 0.3) is 0 Å². The smallest absolute Gasteiger partial charge is 0.0167 e. The molecule has 2 rings (SSSR count). The van der Waals surface area contributed by atoms with Crippen LogP contribution in [0.15, 0.2) is 0 Å². The molecule has 0 amide bonds. The van der Waals surface area contributed by atoms with E-state index in [1.807, 2.05) is 0 Å². The number of piperazine rings is 1. The number of nitrogens with zero attached hydrogens (tertiary/aromatic N) is 1. The lowest BCUT2D eigenvalue weighted by molar-refractivity contribution is 0.119. The Bertz CT molecular complexity index is 157. The third-order valence-electron chi connectivity index (χ3n) is 3.49. The first kappa shape index (κ1) is 12.3. The second kappa shape index (κ2) is 5.94. The van der Waals surface area contributed by atoms with Gasteiger partial charge in [-0.25, -0.2) is 0 Å². The summed E-state index contributed by atoms with van der Waals surface area (Å²) in [5, 5.41) is 3.51. The molecule has 0 bridgehead atoms. The van der Waals surface area contributed by atoms with Gasteiger partial charge in [-0.15, -0.1) is 12.4 Å². The van der Waals surface area contributed by atoms with Crippen LogP contribution in [0.3, 0.4) is 0 Å². The quantitative estimate of drug-likeness (QED) is 0.725. The molecule has 1 atom stereocenters. The van der Waals surface area contributed by atoms with Gasteiger partial charge in [0.15, 0.2) is 0 Å². The van der Waals surface area contributed by atoms with E-state index in [9.17, 15) is 0 Å². The molecule has 0 aromatic carbocycles.